The molecule has 12 heteroatoms. The second kappa shape index (κ2) is 8.15. The van der Waals surface area contributed by atoms with Crippen LogP contribution < -0.4 is 4.74 Å². The number of piperazine rings is 1. The highest BCUT2D eigenvalue weighted by molar-refractivity contribution is 9.10. The molecule has 1 saturated heterocycles. The van der Waals surface area contributed by atoms with Crippen molar-refractivity contribution in [2.75, 3.05) is 26.2 Å². The number of aliphatic hydroxyl groups is 3. The fourth-order valence-electron chi connectivity index (χ4n) is 2.37. The van der Waals surface area contributed by atoms with E-state index in [-0.39, 0.29) is 30.7 Å². The molecule has 3 N–H and O–H groups in total. The molecule has 1 fully saturated rings. The van der Waals surface area contributed by atoms with Crippen molar-refractivity contribution in [3.8, 4) is 5.88 Å². The summed E-state index contributed by atoms with van der Waals surface area (Å²) < 4.78 is 23.7. The van der Waals surface area contributed by atoms with Crippen LogP contribution in [0.1, 0.15) is 31.3 Å². The van der Waals surface area contributed by atoms with Crippen molar-refractivity contribution in [1.82, 2.24) is 14.8 Å². The Hall–Kier alpha value is -2.02. The van der Waals surface area contributed by atoms with E-state index in [1.165, 1.54) is 9.80 Å². The van der Waals surface area contributed by atoms with Gasteiger partial charge >= 0.3 is 12.3 Å². The van der Waals surface area contributed by atoms with Crippen molar-refractivity contribution in [2.45, 2.75) is 32.5 Å². The summed E-state index contributed by atoms with van der Waals surface area (Å²) in [6, 6.07) is 0.845. The molecule has 28 heavy (non-hydrogen) atoms. The first-order valence-corrected chi connectivity index (χ1v) is 9.05. The molecule has 2 heterocycles. The molecule has 0 spiro atoms. The summed E-state index contributed by atoms with van der Waals surface area (Å²) in [7, 11) is 0. The lowest BCUT2D eigenvalue weighted by Crippen LogP contribution is -2.51. The molecule has 0 bridgehead atoms. The van der Waals surface area contributed by atoms with Crippen molar-refractivity contribution in [3.05, 3.63) is 22.1 Å². The minimum atomic E-state index is -3.55. The van der Waals surface area contributed by atoms with Gasteiger partial charge in [0.05, 0.1) is 4.47 Å². The van der Waals surface area contributed by atoms with E-state index in [2.05, 4.69) is 25.7 Å². The number of halogens is 2. The lowest BCUT2D eigenvalue weighted by Gasteiger charge is -2.35. The van der Waals surface area contributed by atoms with Crippen molar-refractivity contribution >= 4 is 27.9 Å². The number of amides is 2. The minimum absolute atomic E-state index is 0.120. The molecular formula is C16H21BrFN3O7. The molecule has 1 aromatic rings. The summed E-state index contributed by atoms with van der Waals surface area (Å²) in [6.45, 7) is 5.85. The average Bonchev–Trinajstić information content (AvgIpc) is 2.54. The summed E-state index contributed by atoms with van der Waals surface area (Å²) in [5.41, 5.74) is -1.28. The highest BCUT2D eigenvalue weighted by Crippen LogP contribution is 2.27. The zero-order valence-corrected chi connectivity index (χ0v) is 17.1. The van der Waals surface area contributed by atoms with E-state index in [9.17, 15) is 14.0 Å². The monoisotopic (exact) mass is 465 g/mol. The number of pyridine rings is 1. The van der Waals surface area contributed by atoms with Crippen LogP contribution >= 0.6 is 15.9 Å². The van der Waals surface area contributed by atoms with Gasteiger partial charge in [-0.3, -0.25) is 4.79 Å². The number of hydrogen-bond donors (Lipinski definition) is 3. The Balaban J connectivity index is 2.09. The topological polar surface area (TPSA) is 133 Å². The minimum Gasteiger partial charge on any atom is -0.444 e. The number of rotatable bonds is 3. The largest absolute Gasteiger partial charge is 0.454 e. The molecule has 0 unspecified atom stereocenters. The van der Waals surface area contributed by atoms with Crippen molar-refractivity contribution in [3.63, 3.8) is 0 Å². The van der Waals surface area contributed by atoms with E-state index in [0.29, 0.717) is 0 Å². The molecule has 156 valence electrons. The first kappa shape index (κ1) is 22.3. The molecule has 2 rings (SSSR count). The SMILES string of the molecule is CC(C)(C)OC(=O)N1CCN(C(=O)c2nc(OC(O)(O)O)c(Br)cc2F)CC1. The third kappa shape index (κ3) is 5.99. The van der Waals surface area contributed by atoms with Crippen LogP contribution in [0.5, 0.6) is 5.88 Å². The Morgan fingerprint density at radius 1 is 1.14 bits per heavy atom. The Bertz CT molecular complexity index is 756. The lowest BCUT2D eigenvalue weighted by molar-refractivity contribution is -0.420. The van der Waals surface area contributed by atoms with Gasteiger partial charge in [-0.1, -0.05) is 0 Å². The van der Waals surface area contributed by atoms with Crippen LogP contribution in [0.2, 0.25) is 0 Å². The standard InChI is InChI=1S/C16H21BrFN3O7/c1-15(2,3)28-14(23)21-6-4-20(5-7-21)13(22)11-10(18)8-9(17)12(19-11)27-16(24,25)26/h8,24-26H,4-7H2,1-3H3. The van der Waals surface area contributed by atoms with Gasteiger partial charge in [0, 0.05) is 26.2 Å². The second-order valence-corrected chi connectivity index (χ2v) is 7.90. The quantitative estimate of drug-likeness (QED) is 0.554. The van der Waals surface area contributed by atoms with Gasteiger partial charge in [0.25, 0.3) is 5.91 Å². The summed E-state index contributed by atoms with van der Waals surface area (Å²) in [4.78, 5) is 31.0. The van der Waals surface area contributed by atoms with Gasteiger partial charge in [-0.2, -0.15) is 0 Å². The first-order chi connectivity index (χ1) is 12.8. The van der Waals surface area contributed by atoms with Crippen LogP contribution in [0, 0.1) is 5.82 Å². The highest BCUT2D eigenvalue weighted by Gasteiger charge is 2.31. The number of ether oxygens (including phenoxy) is 2. The maximum Gasteiger partial charge on any atom is 0.454 e. The zero-order valence-electron chi connectivity index (χ0n) is 15.5. The van der Waals surface area contributed by atoms with Gasteiger partial charge in [0.15, 0.2) is 11.5 Å². The molecule has 1 aromatic heterocycles. The number of nitrogens with zero attached hydrogens (tertiary/aromatic N) is 3. The summed E-state index contributed by atoms with van der Waals surface area (Å²) in [5, 5.41) is 26.7. The zero-order chi connectivity index (χ0) is 21.3. The Morgan fingerprint density at radius 3 is 2.18 bits per heavy atom. The second-order valence-electron chi connectivity index (χ2n) is 7.04. The predicted molar refractivity (Wildman–Crippen MR) is 95.6 cm³/mol. The van der Waals surface area contributed by atoms with Crippen molar-refractivity contribution in [1.29, 1.82) is 0 Å². The van der Waals surface area contributed by atoms with Crippen LogP contribution in [0.4, 0.5) is 9.18 Å². The molecule has 10 nitrogen and oxygen atoms in total. The lowest BCUT2D eigenvalue weighted by atomic mass is 10.2. The third-order valence-electron chi connectivity index (χ3n) is 3.55. The van der Waals surface area contributed by atoms with E-state index < -0.39 is 41.2 Å². The fraction of sp³-hybridized carbons (Fsp3) is 0.562. The molecule has 0 radical (unpaired) electrons. The normalized spacial score (nSPS) is 15.4. The molecule has 0 aliphatic carbocycles. The summed E-state index contributed by atoms with van der Waals surface area (Å²) >= 11 is 2.88. The van der Waals surface area contributed by atoms with Crippen LogP contribution in [0.3, 0.4) is 0 Å². The maximum absolute atomic E-state index is 14.2. The molecule has 1 aliphatic rings. The first-order valence-electron chi connectivity index (χ1n) is 8.26. The predicted octanol–water partition coefficient (Wildman–Crippen LogP) is 0.643. The van der Waals surface area contributed by atoms with Gasteiger partial charge in [-0.25, -0.2) is 14.2 Å². The smallest absolute Gasteiger partial charge is 0.444 e. The van der Waals surface area contributed by atoms with Gasteiger partial charge in [-0.15, -0.1) is 0 Å². The molecule has 0 atom stereocenters. The number of carbonyl (C=O) groups is 2. The van der Waals surface area contributed by atoms with Gasteiger partial charge in [-0.05, 0) is 42.8 Å². The van der Waals surface area contributed by atoms with E-state index in [4.69, 9.17) is 20.1 Å². The number of carbonyl (C=O) groups excluding carboxylic acids is 2. The summed E-state index contributed by atoms with van der Waals surface area (Å²) in [5.74, 6) is -2.35. The Morgan fingerprint density at radius 2 is 1.68 bits per heavy atom. The van der Waals surface area contributed by atoms with Crippen LogP contribution in [-0.4, -0.2) is 80.0 Å². The van der Waals surface area contributed by atoms with E-state index in [1.54, 1.807) is 20.8 Å². The average molecular weight is 466 g/mol. The maximum atomic E-state index is 14.2. The van der Waals surface area contributed by atoms with E-state index in [1.807, 2.05) is 0 Å². The summed E-state index contributed by atoms with van der Waals surface area (Å²) in [6.07, 6.45) is -4.06. The van der Waals surface area contributed by atoms with Crippen molar-refractivity contribution < 1.29 is 38.8 Å². The van der Waals surface area contributed by atoms with Crippen molar-refractivity contribution in [2.24, 2.45) is 0 Å². The highest BCUT2D eigenvalue weighted by atomic mass is 79.9. The van der Waals surface area contributed by atoms with Crippen LogP contribution in [0.25, 0.3) is 0 Å². The van der Waals surface area contributed by atoms with Gasteiger partial charge < -0.3 is 34.6 Å². The Kier molecular flexibility index (Phi) is 6.48. The van der Waals surface area contributed by atoms with Crippen LogP contribution in [-0.2, 0) is 4.74 Å². The molecule has 1 aliphatic heterocycles. The van der Waals surface area contributed by atoms with Crippen LogP contribution in [0.15, 0.2) is 10.5 Å². The van der Waals surface area contributed by atoms with Gasteiger partial charge in [0.2, 0.25) is 5.88 Å². The fourth-order valence-corrected chi connectivity index (χ4v) is 2.74. The molecule has 0 saturated carbocycles. The molecule has 0 aromatic carbocycles. The number of aromatic nitrogens is 1. The third-order valence-corrected chi connectivity index (χ3v) is 4.12. The van der Waals surface area contributed by atoms with Gasteiger partial charge in [0.1, 0.15) is 5.60 Å². The Labute approximate surface area is 168 Å². The molecular weight excluding hydrogens is 445 g/mol. The van der Waals surface area contributed by atoms with E-state index >= 15 is 0 Å². The molecule has 2 amide bonds. The number of hydrogen-bond acceptors (Lipinski definition) is 8. The van der Waals surface area contributed by atoms with E-state index in [0.717, 1.165) is 6.07 Å².